The van der Waals surface area contributed by atoms with Gasteiger partial charge in [0, 0.05) is 0 Å². The van der Waals surface area contributed by atoms with Crippen LogP contribution in [0.25, 0.3) is 0 Å². The van der Waals surface area contributed by atoms with Gasteiger partial charge in [0.15, 0.2) is 0 Å². The molecule has 0 unspecified atom stereocenters. The zero-order valence-corrected chi connectivity index (χ0v) is 5.42. The van der Waals surface area contributed by atoms with Gasteiger partial charge >= 0.3 is 59.1 Å². The van der Waals surface area contributed by atoms with Gasteiger partial charge in [-0.15, -0.1) is 0 Å². The molecule has 1 amide bonds. The Labute approximate surface area is 60.1 Å². The van der Waals surface area contributed by atoms with Crippen LogP contribution in [0.15, 0.2) is 4.90 Å². The maximum absolute atomic E-state index is 10.0. The van der Waals surface area contributed by atoms with Crippen LogP contribution in [0.3, 0.4) is 0 Å². The third kappa shape index (κ3) is 5.02. The minimum atomic E-state index is -0.821. The van der Waals surface area contributed by atoms with Crippen molar-refractivity contribution in [3.63, 3.8) is 0 Å². The molecule has 0 aromatic heterocycles. The summed E-state index contributed by atoms with van der Waals surface area (Å²) in [6, 6.07) is 0. The summed E-state index contributed by atoms with van der Waals surface area (Å²) in [5, 5.41) is 8.75. The fourth-order valence-corrected chi connectivity index (χ4v) is 0.254. The molecule has 0 saturated heterocycles. The van der Waals surface area contributed by atoms with Crippen molar-refractivity contribution >= 4 is 26.9 Å². The second-order valence-corrected chi connectivity index (χ2v) is 1.31. The molecule has 0 heterocycles. The number of rotatable bonds is 1. The van der Waals surface area contributed by atoms with Gasteiger partial charge in [-0.05, 0) is 0 Å². The number of amides is 1. The van der Waals surface area contributed by atoms with Crippen LogP contribution in [0, 0.1) is 5.41 Å². The van der Waals surface area contributed by atoms with E-state index in [1.807, 2.05) is 5.32 Å². The van der Waals surface area contributed by atoms with Gasteiger partial charge in [0.05, 0.1) is 0 Å². The maximum atomic E-state index is 10.0. The van der Waals surface area contributed by atoms with Gasteiger partial charge in [0.1, 0.15) is 0 Å². The van der Waals surface area contributed by atoms with Crippen molar-refractivity contribution < 1.29 is 9.45 Å². The number of guanidine groups is 1. The predicted molar refractivity (Wildman–Crippen MR) is 37.2 cm³/mol. The molecule has 0 aliphatic heterocycles. The molecule has 10 heavy (non-hydrogen) atoms. The number of hydrogen-bond acceptors (Lipinski definition) is 3. The normalized spacial score (nSPS) is 8.50. The number of carbonyl (C=O) groups is 1. The zero-order chi connectivity index (χ0) is 7.98. The number of hydrogen-bond donors (Lipinski definition) is 2. The zero-order valence-electron chi connectivity index (χ0n) is 5.42. The van der Waals surface area contributed by atoms with E-state index in [0.717, 1.165) is 7.27 Å². The first-order valence-corrected chi connectivity index (χ1v) is 2.37. The monoisotopic (exact) mass is 137 g/mol. The molecule has 0 spiro atoms. The van der Waals surface area contributed by atoms with E-state index in [1.165, 1.54) is 7.11 Å². The summed E-state index contributed by atoms with van der Waals surface area (Å²) in [4.78, 5) is 13.3. The van der Waals surface area contributed by atoms with Gasteiger partial charge in [0.2, 0.25) is 0 Å². The molecule has 2 radical (unpaired) electrons. The quantitative estimate of drug-likeness (QED) is 0.283. The van der Waals surface area contributed by atoms with E-state index in [4.69, 9.17) is 5.41 Å². The molecule has 50 valence electrons. The van der Waals surface area contributed by atoms with Crippen LogP contribution in [0.4, 0.5) is 4.79 Å². The van der Waals surface area contributed by atoms with E-state index in [-0.39, 0.29) is 5.96 Å². The summed E-state index contributed by atoms with van der Waals surface area (Å²) < 4.78 is 4.37. The van der Waals surface area contributed by atoms with Gasteiger partial charge in [-0.25, -0.2) is 0 Å². The van der Waals surface area contributed by atoms with E-state index in [2.05, 4.69) is 17.4 Å². The minimum absolute atomic E-state index is 0.352. The molecule has 7 heteroatoms. The van der Waals surface area contributed by atoms with E-state index >= 15 is 0 Å². The fourth-order valence-electron chi connectivity index (χ4n) is 0.254. The van der Waals surface area contributed by atoms with Gasteiger partial charge in [-0.3, -0.25) is 0 Å². The first-order valence-electron chi connectivity index (χ1n) is 2.37. The molecule has 0 aliphatic carbocycles. The van der Waals surface area contributed by atoms with Crippen LogP contribution < -0.4 is 5.32 Å². The van der Waals surface area contributed by atoms with Gasteiger partial charge in [0.25, 0.3) is 0 Å². The first kappa shape index (κ1) is 8.87. The summed E-state index contributed by atoms with van der Waals surface area (Å²) in [5.74, 6) is -1.17. The Morgan fingerprint density at radius 2 is 2.50 bits per heavy atom. The average molecular weight is 137 g/mol. The van der Waals surface area contributed by atoms with Crippen LogP contribution >= 0.6 is 0 Å². The van der Waals surface area contributed by atoms with Crippen LogP contribution in [-0.4, -0.2) is 34.0 Å². The SMILES string of the molecule is [B]C(=O)NC(=N)N=BOC. The molecular formula is C3H5B2N3O2. The summed E-state index contributed by atoms with van der Waals surface area (Å²) >= 11 is 0. The first-order chi connectivity index (χ1) is 4.66. The fraction of sp³-hybridized carbons (Fsp3) is 0.333. The Kier molecular flexibility index (Phi) is 4.19. The Bertz CT molecular complexity index is 169. The molecule has 0 bridgehead atoms. The van der Waals surface area contributed by atoms with Crippen LogP contribution in [0.1, 0.15) is 0 Å². The van der Waals surface area contributed by atoms with Crippen LogP contribution in [0.2, 0.25) is 0 Å². The third-order valence-corrected chi connectivity index (χ3v) is 0.529. The average Bonchev–Trinajstić information content (AvgIpc) is 1.82. The molecule has 0 rings (SSSR count). The molecule has 0 aliphatic rings. The van der Waals surface area contributed by atoms with E-state index in [9.17, 15) is 4.79 Å². The van der Waals surface area contributed by atoms with Crippen molar-refractivity contribution in [2.75, 3.05) is 7.11 Å². The van der Waals surface area contributed by atoms with Gasteiger partial charge in [-0.1, -0.05) is 0 Å². The summed E-state index contributed by atoms with van der Waals surface area (Å²) in [6.45, 7) is 0. The third-order valence-electron chi connectivity index (χ3n) is 0.529. The molecule has 0 fully saturated rings. The van der Waals surface area contributed by atoms with Crippen molar-refractivity contribution in [3.05, 3.63) is 0 Å². The molecule has 5 nitrogen and oxygen atoms in total. The number of carbonyl (C=O) groups excluding carboxylic acids is 1. The van der Waals surface area contributed by atoms with Crippen LogP contribution in [-0.2, 0) is 4.65 Å². The Morgan fingerprint density at radius 1 is 1.90 bits per heavy atom. The van der Waals surface area contributed by atoms with Crippen molar-refractivity contribution in [2.45, 2.75) is 0 Å². The van der Waals surface area contributed by atoms with E-state index in [0.29, 0.717) is 0 Å². The summed E-state index contributed by atoms with van der Waals surface area (Å²) in [6.07, 6.45) is 0. The molecule has 0 atom stereocenters. The summed E-state index contributed by atoms with van der Waals surface area (Å²) in [7, 11) is 7.05. The Hall–Kier alpha value is -1.13. The van der Waals surface area contributed by atoms with Crippen LogP contribution in [0.5, 0.6) is 0 Å². The van der Waals surface area contributed by atoms with Crippen molar-refractivity contribution in [1.82, 2.24) is 5.32 Å². The predicted octanol–water partition coefficient (Wildman–Crippen LogP) is -0.752. The second kappa shape index (κ2) is 4.72. The van der Waals surface area contributed by atoms with Gasteiger partial charge < -0.3 is 0 Å². The molecule has 0 aromatic rings. The molecule has 0 saturated carbocycles. The van der Waals surface area contributed by atoms with E-state index in [1.54, 1.807) is 0 Å². The second-order valence-electron chi connectivity index (χ2n) is 1.31. The van der Waals surface area contributed by atoms with Crippen molar-refractivity contribution in [1.29, 1.82) is 5.41 Å². The van der Waals surface area contributed by atoms with Gasteiger partial charge in [-0.2, -0.15) is 0 Å². The Morgan fingerprint density at radius 3 is 2.90 bits per heavy atom. The molecular weight excluding hydrogens is 132 g/mol. The number of nitrogens with zero attached hydrogens (tertiary/aromatic N) is 1. The van der Waals surface area contributed by atoms with Crippen molar-refractivity contribution in [2.24, 2.45) is 4.90 Å². The topological polar surface area (TPSA) is 74.5 Å². The molecule has 2 N–H and O–H groups in total. The Balaban J connectivity index is 3.64. The van der Waals surface area contributed by atoms with E-state index < -0.39 is 5.81 Å². The van der Waals surface area contributed by atoms with Crippen molar-refractivity contribution in [3.8, 4) is 0 Å². The standard InChI is InChI=1S/C3H5B2N3O2/c1-10-5-8-3(6)7-2(4)9/h1H3,(H2,6,7,9). The summed E-state index contributed by atoms with van der Waals surface area (Å²) in [5.41, 5.74) is 0. The number of nitrogens with one attached hydrogen (secondary N) is 2. The molecule has 0 aromatic carbocycles.